The lowest BCUT2D eigenvalue weighted by atomic mass is 10.4. The fourth-order valence-corrected chi connectivity index (χ4v) is 1.68. The molecule has 0 aliphatic rings. The molecule has 3 nitrogen and oxygen atoms in total. The first-order valence-corrected chi connectivity index (χ1v) is 5.32. The van der Waals surface area contributed by atoms with E-state index in [9.17, 15) is 0 Å². The van der Waals surface area contributed by atoms with Gasteiger partial charge in [0.25, 0.3) is 0 Å². The van der Waals surface area contributed by atoms with Gasteiger partial charge in [-0.15, -0.1) is 0 Å². The lowest BCUT2D eigenvalue weighted by molar-refractivity contribution is 0.985. The average Bonchev–Trinajstić information content (AvgIpc) is 2.70. The van der Waals surface area contributed by atoms with Crippen molar-refractivity contribution < 1.29 is 0 Å². The zero-order valence-corrected chi connectivity index (χ0v) is 8.71. The zero-order valence-electron chi connectivity index (χ0n) is 7.90. The average molecular weight is 205 g/mol. The highest BCUT2D eigenvalue weighted by atomic mass is 32.1. The molecule has 72 valence electrons. The summed E-state index contributed by atoms with van der Waals surface area (Å²) in [6.45, 7) is 2.66. The van der Waals surface area contributed by atoms with E-state index in [1.165, 1.54) is 0 Å². The van der Waals surface area contributed by atoms with Crippen molar-refractivity contribution in [2.75, 3.05) is 5.32 Å². The lowest BCUT2D eigenvalue weighted by Crippen LogP contribution is -2.01. The van der Waals surface area contributed by atoms with E-state index in [4.69, 9.17) is 0 Å². The first-order chi connectivity index (χ1) is 6.84. The van der Waals surface area contributed by atoms with Gasteiger partial charge in [-0.05, 0) is 18.4 Å². The van der Waals surface area contributed by atoms with Gasteiger partial charge in [0.05, 0.1) is 24.1 Å². The standard InChI is InChI=1S/C10H11N3S/c1-8-4-12-10(5-11-8)6-13-9-2-3-14-7-9/h2-5,7,13H,6H2,1H3. The Kier molecular flexibility index (Phi) is 2.74. The van der Waals surface area contributed by atoms with E-state index in [0.717, 1.165) is 23.6 Å². The van der Waals surface area contributed by atoms with Gasteiger partial charge in [-0.1, -0.05) is 0 Å². The molecular formula is C10H11N3S. The van der Waals surface area contributed by atoms with Gasteiger partial charge < -0.3 is 5.32 Å². The predicted molar refractivity (Wildman–Crippen MR) is 58.4 cm³/mol. The Morgan fingerprint density at radius 1 is 1.36 bits per heavy atom. The van der Waals surface area contributed by atoms with Crippen molar-refractivity contribution in [1.29, 1.82) is 0 Å². The molecule has 0 amide bonds. The molecule has 0 spiro atoms. The Bertz CT molecular complexity index is 380. The highest BCUT2D eigenvalue weighted by Gasteiger charge is 1.95. The molecule has 2 aromatic rings. The van der Waals surface area contributed by atoms with Crippen LogP contribution < -0.4 is 5.32 Å². The molecule has 0 aromatic carbocycles. The van der Waals surface area contributed by atoms with Crippen molar-refractivity contribution in [3.8, 4) is 0 Å². The molecule has 1 N–H and O–H groups in total. The largest absolute Gasteiger partial charge is 0.379 e. The summed E-state index contributed by atoms with van der Waals surface area (Å²) in [7, 11) is 0. The van der Waals surface area contributed by atoms with Crippen molar-refractivity contribution in [2.45, 2.75) is 13.5 Å². The van der Waals surface area contributed by atoms with E-state index in [2.05, 4.69) is 20.7 Å². The minimum Gasteiger partial charge on any atom is -0.379 e. The molecule has 0 aliphatic carbocycles. The summed E-state index contributed by atoms with van der Waals surface area (Å²) in [5.74, 6) is 0. The molecule has 0 saturated heterocycles. The van der Waals surface area contributed by atoms with Crippen molar-refractivity contribution in [3.05, 3.63) is 40.6 Å². The highest BCUT2D eigenvalue weighted by Crippen LogP contribution is 2.12. The third-order valence-electron chi connectivity index (χ3n) is 1.83. The van der Waals surface area contributed by atoms with E-state index < -0.39 is 0 Å². The molecule has 0 atom stereocenters. The summed E-state index contributed by atoms with van der Waals surface area (Å²) in [4.78, 5) is 8.44. The van der Waals surface area contributed by atoms with Crippen molar-refractivity contribution in [1.82, 2.24) is 9.97 Å². The fraction of sp³-hybridized carbons (Fsp3) is 0.200. The van der Waals surface area contributed by atoms with Crippen LogP contribution >= 0.6 is 11.3 Å². The number of thiophene rings is 1. The van der Waals surface area contributed by atoms with Gasteiger partial charge in [-0.2, -0.15) is 11.3 Å². The van der Waals surface area contributed by atoms with E-state index in [0.29, 0.717) is 0 Å². The summed E-state index contributed by atoms with van der Waals surface area (Å²) in [6.07, 6.45) is 3.58. The Balaban J connectivity index is 1.95. The van der Waals surface area contributed by atoms with Gasteiger partial charge in [0.2, 0.25) is 0 Å². The van der Waals surface area contributed by atoms with Crippen LogP contribution in [-0.2, 0) is 6.54 Å². The third-order valence-corrected chi connectivity index (χ3v) is 2.51. The van der Waals surface area contributed by atoms with E-state index in [-0.39, 0.29) is 0 Å². The van der Waals surface area contributed by atoms with Crippen LogP contribution in [0.15, 0.2) is 29.2 Å². The molecule has 0 fully saturated rings. The number of anilines is 1. The molecule has 4 heteroatoms. The Hall–Kier alpha value is -1.42. The van der Waals surface area contributed by atoms with Crippen LogP contribution in [0.25, 0.3) is 0 Å². The normalized spacial score (nSPS) is 10.1. The summed E-state index contributed by atoms with van der Waals surface area (Å²) < 4.78 is 0. The van der Waals surface area contributed by atoms with Crippen molar-refractivity contribution in [3.63, 3.8) is 0 Å². The quantitative estimate of drug-likeness (QED) is 0.836. The van der Waals surface area contributed by atoms with Gasteiger partial charge in [0.1, 0.15) is 0 Å². The molecule has 2 rings (SSSR count). The molecule has 2 aromatic heterocycles. The maximum absolute atomic E-state index is 4.26. The van der Waals surface area contributed by atoms with Crippen molar-refractivity contribution in [2.24, 2.45) is 0 Å². The van der Waals surface area contributed by atoms with Crippen LogP contribution in [0.1, 0.15) is 11.4 Å². The Labute approximate surface area is 86.8 Å². The van der Waals surface area contributed by atoms with Gasteiger partial charge in [-0.25, -0.2) is 0 Å². The van der Waals surface area contributed by atoms with Crippen LogP contribution in [0, 0.1) is 6.92 Å². The number of aromatic nitrogens is 2. The second-order valence-corrected chi connectivity index (χ2v) is 3.79. The van der Waals surface area contributed by atoms with Crippen LogP contribution in [0.5, 0.6) is 0 Å². The van der Waals surface area contributed by atoms with E-state index >= 15 is 0 Å². The highest BCUT2D eigenvalue weighted by molar-refractivity contribution is 7.08. The minimum absolute atomic E-state index is 0.726. The first-order valence-electron chi connectivity index (χ1n) is 4.38. The minimum atomic E-state index is 0.726. The summed E-state index contributed by atoms with van der Waals surface area (Å²) in [5.41, 5.74) is 3.04. The van der Waals surface area contributed by atoms with Gasteiger partial charge in [-0.3, -0.25) is 9.97 Å². The molecule has 2 heterocycles. The van der Waals surface area contributed by atoms with Gasteiger partial charge in [0, 0.05) is 17.3 Å². The topological polar surface area (TPSA) is 37.8 Å². The number of hydrogen-bond donors (Lipinski definition) is 1. The number of hydrogen-bond acceptors (Lipinski definition) is 4. The van der Waals surface area contributed by atoms with E-state index in [1.807, 2.05) is 18.4 Å². The monoisotopic (exact) mass is 205 g/mol. The van der Waals surface area contributed by atoms with Gasteiger partial charge >= 0.3 is 0 Å². The number of nitrogens with one attached hydrogen (secondary N) is 1. The number of rotatable bonds is 3. The van der Waals surface area contributed by atoms with Crippen molar-refractivity contribution >= 4 is 17.0 Å². The molecule has 0 aliphatic heterocycles. The maximum atomic E-state index is 4.26. The van der Waals surface area contributed by atoms with Crippen LogP contribution in [0.2, 0.25) is 0 Å². The lowest BCUT2D eigenvalue weighted by Gasteiger charge is -2.02. The number of aryl methyl sites for hydroxylation is 1. The second kappa shape index (κ2) is 4.19. The third kappa shape index (κ3) is 2.29. The fourth-order valence-electron chi connectivity index (χ4n) is 1.07. The van der Waals surface area contributed by atoms with Crippen LogP contribution in [0.4, 0.5) is 5.69 Å². The molecule has 0 radical (unpaired) electrons. The smallest absolute Gasteiger partial charge is 0.0777 e. The predicted octanol–water partition coefficient (Wildman–Crippen LogP) is 2.46. The number of nitrogens with zero attached hydrogens (tertiary/aromatic N) is 2. The molecule has 14 heavy (non-hydrogen) atoms. The summed E-state index contributed by atoms with van der Waals surface area (Å²) in [6, 6.07) is 2.05. The summed E-state index contributed by atoms with van der Waals surface area (Å²) in [5, 5.41) is 7.38. The molecule has 0 unspecified atom stereocenters. The molecule has 0 bridgehead atoms. The Morgan fingerprint density at radius 2 is 2.29 bits per heavy atom. The SMILES string of the molecule is Cc1cnc(CNc2ccsc2)cn1. The molecule has 0 saturated carbocycles. The first kappa shape index (κ1) is 9.15. The summed E-state index contributed by atoms with van der Waals surface area (Å²) >= 11 is 1.68. The van der Waals surface area contributed by atoms with E-state index in [1.54, 1.807) is 23.7 Å². The van der Waals surface area contributed by atoms with Crippen LogP contribution in [-0.4, -0.2) is 9.97 Å². The van der Waals surface area contributed by atoms with Crippen LogP contribution in [0.3, 0.4) is 0 Å². The molecular weight excluding hydrogens is 194 g/mol. The second-order valence-electron chi connectivity index (χ2n) is 3.01. The Morgan fingerprint density at radius 3 is 2.93 bits per heavy atom. The maximum Gasteiger partial charge on any atom is 0.0777 e. The zero-order chi connectivity index (χ0) is 9.80. The van der Waals surface area contributed by atoms with Gasteiger partial charge in [0.15, 0.2) is 0 Å².